The van der Waals surface area contributed by atoms with Crippen LogP contribution in [0.5, 0.6) is 0 Å². The van der Waals surface area contributed by atoms with Crippen molar-refractivity contribution < 1.29 is 9.59 Å². The number of hydrogen-bond donors (Lipinski definition) is 0. The van der Waals surface area contributed by atoms with Crippen molar-refractivity contribution in [3.8, 4) is 0 Å². The van der Waals surface area contributed by atoms with Crippen LogP contribution in [0.15, 0.2) is 12.1 Å². The van der Waals surface area contributed by atoms with E-state index < -0.39 is 0 Å². The van der Waals surface area contributed by atoms with E-state index in [1.165, 1.54) is 9.80 Å². The van der Waals surface area contributed by atoms with Crippen LogP contribution >= 0.6 is 11.6 Å². The molecule has 0 saturated carbocycles. The van der Waals surface area contributed by atoms with Crippen LogP contribution in [0.1, 0.15) is 36.3 Å². The van der Waals surface area contributed by atoms with E-state index in [-0.39, 0.29) is 18.4 Å². The Morgan fingerprint density at radius 1 is 1.24 bits per heavy atom. The molecule has 1 aromatic heterocycles. The molecule has 1 heterocycles. The van der Waals surface area contributed by atoms with Gasteiger partial charge in [-0.25, -0.2) is 4.98 Å². The van der Waals surface area contributed by atoms with Crippen LogP contribution in [0, 0.1) is 0 Å². The fraction of sp³-hybridized carbons (Fsp3) is 0.533. The van der Waals surface area contributed by atoms with Gasteiger partial charge in [0.25, 0.3) is 5.91 Å². The van der Waals surface area contributed by atoms with Gasteiger partial charge in [-0.15, -0.1) is 0 Å². The molecule has 21 heavy (non-hydrogen) atoms. The summed E-state index contributed by atoms with van der Waals surface area (Å²) in [7, 11) is 3.34. The molecule has 0 aromatic carbocycles. The molecule has 0 aliphatic heterocycles. The third kappa shape index (κ3) is 5.01. The summed E-state index contributed by atoms with van der Waals surface area (Å²) < 4.78 is 0. The first-order chi connectivity index (χ1) is 9.88. The summed E-state index contributed by atoms with van der Waals surface area (Å²) in [5.74, 6) is -0.312. The number of halogens is 1. The molecule has 0 spiro atoms. The van der Waals surface area contributed by atoms with E-state index >= 15 is 0 Å². The lowest BCUT2D eigenvalue weighted by Crippen LogP contribution is -2.40. The van der Waals surface area contributed by atoms with E-state index in [0.29, 0.717) is 17.3 Å². The molecule has 1 rings (SSSR count). The molecule has 116 valence electrons. The number of amides is 2. The molecular weight excluding hydrogens is 290 g/mol. The van der Waals surface area contributed by atoms with Crippen LogP contribution in [0.4, 0.5) is 0 Å². The smallest absolute Gasteiger partial charge is 0.254 e. The summed E-state index contributed by atoms with van der Waals surface area (Å²) in [6.45, 7) is 4.40. The average Bonchev–Trinajstić information content (AvgIpc) is 2.43. The van der Waals surface area contributed by atoms with Crippen molar-refractivity contribution in [1.82, 2.24) is 14.8 Å². The van der Waals surface area contributed by atoms with Gasteiger partial charge in [0.1, 0.15) is 5.15 Å². The highest BCUT2D eigenvalue weighted by Crippen LogP contribution is 2.14. The van der Waals surface area contributed by atoms with Crippen LogP contribution in [-0.2, 0) is 11.2 Å². The Hall–Kier alpha value is -1.62. The second-order valence-corrected chi connectivity index (χ2v) is 5.41. The second kappa shape index (κ2) is 7.98. The first-order valence-electron chi connectivity index (χ1n) is 7.04. The highest BCUT2D eigenvalue weighted by molar-refractivity contribution is 6.29. The van der Waals surface area contributed by atoms with Crippen LogP contribution in [0.3, 0.4) is 0 Å². The first kappa shape index (κ1) is 17.4. The molecule has 0 N–H and O–H groups in total. The fourth-order valence-corrected chi connectivity index (χ4v) is 2.10. The van der Waals surface area contributed by atoms with Crippen molar-refractivity contribution in [2.24, 2.45) is 0 Å². The summed E-state index contributed by atoms with van der Waals surface area (Å²) >= 11 is 5.98. The molecule has 0 unspecified atom stereocenters. The van der Waals surface area contributed by atoms with E-state index in [9.17, 15) is 9.59 Å². The molecule has 0 aliphatic carbocycles. The Labute approximate surface area is 130 Å². The number of likely N-dealkylation sites (N-methyl/N-ethyl adjacent to an activating group) is 2. The highest BCUT2D eigenvalue weighted by Gasteiger charge is 2.19. The van der Waals surface area contributed by atoms with Gasteiger partial charge in [-0.2, -0.15) is 0 Å². The van der Waals surface area contributed by atoms with E-state index in [1.54, 1.807) is 26.2 Å². The lowest BCUT2D eigenvalue weighted by atomic mass is 10.1. The zero-order valence-electron chi connectivity index (χ0n) is 13.0. The summed E-state index contributed by atoms with van der Waals surface area (Å²) in [5.41, 5.74) is 1.27. The van der Waals surface area contributed by atoms with Crippen molar-refractivity contribution in [1.29, 1.82) is 0 Å². The van der Waals surface area contributed by atoms with Gasteiger partial charge < -0.3 is 9.80 Å². The largest absolute Gasteiger partial charge is 0.347 e. The Kier molecular flexibility index (Phi) is 6.62. The summed E-state index contributed by atoms with van der Waals surface area (Å²) in [5, 5.41) is 0.305. The van der Waals surface area contributed by atoms with Crippen LogP contribution in [0.25, 0.3) is 0 Å². The number of pyridine rings is 1. The van der Waals surface area contributed by atoms with Gasteiger partial charge >= 0.3 is 0 Å². The number of aromatic nitrogens is 1. The Morgan fingerprint density at radius 2 is 1.90 bits per heavy atom. The third-order valence-corrected chi connectivity index (χ3v) is 3.29. The number of carbonyl (C=O) groups excluding carboxylic acids is 2. The van der Waals surface area contributed by atoms with Crippen molar-refractivity contribution in [3.05, 3.63) is 28.5 Å². The maximum absolute atomic E-state index is 12.5. The maximum atomic E-state index is 12.5. The zero-order valence-corrected chi connectivity index (χ0v) is 13.8. The van der Waals surface area contributed by atoms with Gasteiger partial charge in [0, 0.05) is 31.9 Å². The molecule has 1 aromatic rings. The molecule has 2 amide bonds. The van der Waals surface area contributed by atoms with Crippen molar-refractivity contribution >= 4 is 23.4 Å². The standard InChI is InChI=1S/C15H22ClN3O2/c1-5-7-12-8-11(9-13(16)17-12)15(21)19(6-2)10-14(20)18(3)4/h8-9H,5-7,10H2,1-4H3. The normalized spacial score (nSPS) is 10.3. The lowest BCUT2D eigenvalue weighted by molar-refractivity contribution is -0.129. The number of carbonyl (C=O) groups is 2. The van der Waals surface area contributed by atoms with Gasteiger partial charge in [-0.1, -0.05) is 24.9 Å². The molecule has 6 heteroatoms. The molecule has 0 bridgehead atoms. The zero-order chi connectivity index (χ0) is 16.0. The topological polar surface area (TPSA) is 53.5 Å². The SMILES string of the molecule is CCCc1cc(C(=O)N(CC)CC(=O)N(C)C)cc(Cl)n1. The predicted octanol–water partition coefficient (Wildman–Crippen LogP) is 2.24. The molecular formula is C15H22ClN3O2. The third-order valence-electron chi connectivity index (χ3n) is 3.09. The lowest BCUT2D eigenvalue weighted by Gasteiger charge is -2.22. The number of rotatable bonds is 6. The van der Waals surface area contributed by atoms with Gasteiger partial charge in [-0.05, 0) is 25.5 Å². The minimum atomic E-state index is -0.200. The van der Waals surface area contributed by atoms with Gasteiger partial charge in [0.2, 0.25) is 5.91 Å². The van der Waals surface area contributed by atoms with Crippen molar-refractivity contribution in [2.45, 2.75) is 26.7 Å². The molecule has 0 fully saturated rings. The van der Waals surface area contributed by atoms with Gasteiger partial charge in [0.05, 0.1) is 6.54 Å². The van der Waals surface area contributed by atoms with Gasteiger partial charge in [-0.3, -0.25) is 9.59 Å². The van der Waals surface area contributed by atoms with E-state index in [1.807, 2.05) is 13.8 Å². The van der Waals surface area contributed by atoms with E-state index in [0.717, 1.165) is 18.5 Å². The minimum Gasteiger partial charge on any atom is -0.347 e. The monoisotopic (exact) mass is 311 g/mol. The van der Waals surface area contributed by atoms with Crippen molar-refractivity contribution in [2.75, 3.05) is 27.2 Å². The van der Waals surface area contributed by atoms with Gasteiger partial charge in [0.15, 0.2) is 0 Å². The van der Waals surface area contributed by atoms with E-state index in [2.05, 4.69) is 4.98 Å². The molecule has 0 radical (unpaired) electrons. The quantitative estimate of drug-likeness (QED) is 0.757. The summed E-state index contributed by atoms with van der Waals surface area (Å²) in [6.07, 6.45) is 1.70. The second-order valence-electron chi connectivity index (χ2n) is 5.03. The first-order valence-corrected chi connectivity index (χ1v) is 7.42. The average molecular weight is 312 g/mol. The molecule has 0 saturated heterocycles. The molecule has 0 atom stereocenters. The summed E-state index contributed by atoms with van der Waals surface area (Å²) in [4.78, 5) is 31.5. The Bertz CT molecular complexity index is 518. The number of hydrogen-bond acceptors (Lipinski definition) is 3. The fourth-order valence-electron chi connectivity index (χ4n) is 1.87. The Balaban J connectivity index is 2.96. The van der Waals surface area contributed by atoms with Crippen LogP contribution in [-0.4, -0.2) is 53.8 Å². The Morgan fingerprint density at radius 3 is 2.43 bits per heavy atom. The predicted molar refractivity (Wildman–Crippen MR) is 83.5 cm³/mol. The van der Waals surface area contributed by atoms with E-state index in [4.69, 9.17) is 11.6 Å². The van der Waals surface area contributed by atoms with Crippen LogP contribution in [0.2, 0.25) is 5.15 Å². The van der Waals surface area contributed by atoms with Crippen LogP contribution < -0.4 is 0 Å². The minimum absolute atomic E-state index is 0.0609. The molecule has 0 aliphatic rings. The number of nitrogens with zero attached hydrogens (tertiary/aromatic N) is 3. The number of aryl methyl sites for hydroxylation is 1. The summed E-state index contributed by atoms with van der Waals surface area (Å²) in [6, 6.07) is 3.30. The molecule has 5 nitrogen and oxygen atoms in total. The maximum Gasteiger partial charge on any atom is 0.254 e. The van der Waals surface area contributed by atoms with Crippen molar-refractivity contribution in [3.63, 3.8) is 0 Å². The highest BCUT2D eigenvalue weighted by atomic mass is 35.5.